The van der Waals surface area contributed by atoms with E-state index < -0.39 is 26.8 Å². The molecule has 2 heterocycles. The van der Waals surface area contributed by atoms with E-state index in [-0.39, 0.29) is 18.5 Å². The summed E-state index contributed by atoms with van der Waals surface area (Å²) in [6.45, 7) is 1.92. The number of carbonyl (C=O) groups excluding carboxylic acids is 1. The van der Waals surface area contributed by atoms with Gasteiger partial charge in [0.25, 0.3) is 11.5 Å². The Balaban J connectivity index is 1.52. The zero-order valence-corrected chi connectivity index (χ0v) is 23.1. The van der Waals surface area contributed by atoms with E-state index in [1.165, 1.54) is 11.5 Å². The molecule has 1 unspecified atom stereocenters. The van der Waals surface area contributed by atoms with Crippen molar-refractivity contribution in [1.82, 2.24) is 10.0 Å². The minimum atomic E-state index is -3.84. The molecule has 0 saturated carbocycles. The summed E-state index contributed by atoms with van der Waals surface area (Å²) in [6, 6.07) is 15.6. The van der Waals surface area contributed by atoms with Crippen LogP contribution in [0, 0.1) is 0 Å². The molecule has 1 saturated heterocycles. The molecule has 4 rings (SSSR count). The van der Waals surface area contributed by atoms with Crippen LogP contribution in [0.5, 0.6) is 0 Å². The summed E-state index contributed by atoms with van der Waals surface area (Å²) in [4.78, 5) is 33.5. The van der Waals surface area contributed by atoms with Crippen LogP contribution >= 0.6 is 0 Å². The second kappa shape index (κ2) is 11.3. The molecule has 1 amide bonds. The molecule has 10 heteroatoms. The normalized spacial score (nSPS) is 17.6. The van der Waals surface area contributed by atoms with Gasteiger partial charge in [-0.3, -0.25) is 9.59 Å². The van der Waals surface area contributed by atoms with Crippen LogP contribution in [-0.4, -0.2) is 56.9 Å². The molecule has 0 bridgehead atoms. The van der Waals surface area contributed by atoms with Gasteiger partial charge in [0.1, 0.15) is 0 Å². The summed E-state index contributed by atoms with van der Waals surface area (Å²) in [5.41, 5.74) is 5.15. The smallest absolute Gasteiger partial charge is 0.264 e. The molecule has 3 aromatic rings. The van der Waals surface area contributed by atoms with E-state index in [4.69, 9.17) is 9.57 Å². The molecule has 1 fully saturated rings. The SMILES string of the molecule is CN(C)c1ccc(-c2ccc3c(=O)n(CC[C@](C)(C(=O)NOC4CCCCO4)S(C)(=O)=O)ccc3c2)cc1. The van der Waals surface area contributed by atoms with E-state index in [0.717, 1.165) is 41.3 Å². The lowest BCUT2D eigenvalue weighted by molar-refractivity contribution is -0.201. The number of amides is 1. The molecule has 0 aliphatic carbocycles. The molecule has 204 valence electrons. The number of fused-ring (bicyclic) bond motifs is 1. The molecular formula is C28H35N3O6S. The summed E-state index contributed by atoms with van der Waals surface area (Å²) >= 11 is 0. The first kappa shape index (κ1) is 27.8. The molecule has 9 nitrogen and oxygen atoms in total. The standard InChI is InChI=1S/C28H35N3O6S/c1-28(38(4,34)35,27(33)29-37-25-7-5-6-18-36-25)15-17-31-16-14-22-19-21(10-13-24(22)26(31)32)20-8-11-23(12-9-20)30(2)3/h8-14,16,19,25H,5-7,15,17-18H2,1-4H3,(H,29,33)/t25?,28-/m1/s1. The van der Waals surface area contributed by atoms with Crippen molar-refractivity contribution in [3.63, 3.8) is 0 Å². The quantitative estimate of drug-likeness (QED) is 0.413. The van der Waals surface area contributed by atoms with Crippen LogP contribution in [-0.2, 0) is 30.8 Å². The lowest BCUT2D eigenvalue weighted by Gasteiger charge is -2.28. The predicted molar refractivity (Wildman–Crippen MR) is 149 cm³/mol. The van der Waals surface area contributed by atoms with Crippen LogP contribution < -0.4 is 15.9 Å². The number of nitrogens with zero attached hydrogens (tertiary/aromatic N) is 2. The fraction of sp³-hybridized carbons (Fsp3) is 0.429. The monoisotopic (exact) mass is 541 g/mol. The van der Waals surface area contributed by atoms with Crippen molar-refractivity contribution in [2.45, 2.75) is 50.2 Å². The Morgan fingerprint density at radius 1 is 1.13 bits per heavy atom. The average Bonchev–Trinajstić information content (AvgIpc) is 2.91. The largest absolute Gasteiger partial charge is 0.378 e. The molecule has 1 N–H and O–H groups in total. The van der Waals surface area contributed by atoms with Gasteiger partial charge in [-0.05, 0) is 73.0 Å². The van der Waals surface area contributed by atoms with E-state index in [1.807, 2.05) is 61.5 Å². The first-order valence-electron chi connectivity index (χ1n) is 12.7. The van der Waals surface area contributed by atoms with Crippen molar-refractivity contribution in [1.29, 1.82) is 0 Å². The van der Waals surface area contributed by atoms with Crippen LogP contribution in [0.1, 0.15) is 32.6 Å². The number of hydrogen-bond donors (Lipinski definition) is 1. The molecule has 1 aliphatic heterocycles. The van der Waals surface area contributed by atoms with Crippen molar-refractivity contribution < 1.29 is 22.8 Å². The zero-order valence-electron chi connectivity index (χ0n) is 22.3. The summed E-state index contributed by atoms with van der Waals surface area (Å²) in [7, 11) is 0.137. The van der Waals surface area contributed by atoms with Gasteiger partial charge in [0.2, 0.25) is 0 Å². The van der Waals surface area contributed by atoms with Crippen molar-refractivity contribution in [3.8, 4) is 11.1 Å². The third-order valence-corrected chi connectivity index (χ3v) is 9.27. The summed E-state index contributed by atoms with van der Waals surface area (Å²) < 4.78 is 30.4. The Morgan fingerprint density at radius 2 is 1.84 bits per heavy atom. The fourth-order valence-electron chi connectivity index (χ4n) is 4.43. The van der Waals surface area contributed by atoms with Crippen LogP contribution in [0.3, 0.4) is 0 Å². The van der Waals surface area contributed by atoms with Gasteiger partial charge in [-0.1, -0.05) is 18.2 Å². The van der Waals surface area contributed by atoms with E-state index in [1.54, 1.807) is 12.3 Å². The van der Waals surface area contributed by atoms with Gasteiger partial charge in [-0.15, -0.1) is 0 Å². The Labute approximate surface area is 223 Å². The number of hydroxylamine groups is 1. The molecular weight excluding hydrogens is 506 g/mol. The Hall–Kier alpha value is -3.21. The average molecular weight is 542 g/mol. The highest BCUT2D eigenvalue weighted by Gasteiger charge is 2.44. The van der Waals surface area contributed by atoms with E-state index in [9.17, 15) is 18.0 Å². The van der Waals surface area contributed by atoms with E-state index >= 15 is 0 Å². The highest BCUT2D eigenvalue weighted by molar-refractivity contribution is 7.92. The molecule has 2 aromatic carbocycles. The third-order valence-electron chi connectivity index (χ3n) is 7.24. The topological polar surface area (TPSA) is 107 Å². The lowest BCUT2D eigenvalue weighted by Crippen LogP contribution is -2.51. The van der Waals surface area contributed by atoms with E-state index in [2.05, 4.69) is 5.48 Å². The lowest BCUT2D eigenvalue weighted by atomic mass is 10.0. The number of carbonyl (C=O) groups is 1. The number of anilines is 1. The number of nitrogens with one attached hydrogen (secondary N) is 1. The molecule has 1 aliphatic rings. The van der Waals surface area contributed by atoms with Crippen LogP contribution in [0.4, 0.5) is 5.69 Å². The van der Waals surface area contributed by atoms with Gasteiger partial charge in [0, 0.05) is 57.2 Å². The van der Waals surface area contributed by atoms with Crippen LogP contribution in [0.25, 0.3) is 21.9 Å². The van der Waals surface area contributed by atoms with Crippen molar-refractivity contribution in [2.75, 3.05) is 31.9 Å². The number of hydrogen-bond acceptors (Lipinski definition) is 7. The Morgan fingerprint density at radius 3 is 2.47 bits per heavy atom. The van der Waals surface area contributed by atoms with Crippen molar-refractivity contribution >= 4 is 32.2 Å². The summed E-state index contributed by atoms with van der Waals surface area (Å²) in [6.07, 6.45) is 4.38. The first-order valence-corrected chi connectivity index (χ1v) is 14.6. The molecule has 0 radical (unpaired) electrons. The maximum atomic E-state index is 13.2. The van der Waals surface area contributed by atoms with E-state index in [0.29, 0.717) is 18.4 Å². The molecule has 1 aromatic heterocycles. The van der Waals surface area contributed by atoms with Gasteiger partial charge < -0.3 is 14.2 Å². The van der Waals surface area contributed by atoms with Gasteiger partial charge in [0.05, 0.1) is 0 Å². The van der Waals surface area contributed by atoms with Gasteiger partial charge in [-0.25, -0.2) is 18.7 Å². The first-order chi connectivity index (χ1) is 18.0. The fourth-order valence-corrected chi connectivity index (χ4v) is 5.27. The van der Waals surface area contributed by atoms with Crippen LogP contribution in [0.2, 0.25) is 0 Å². The summed E-state index contributed by atoms with van der Waals surface area (Å²) in [5, 5.41) is 1.30. The second-order valence-electron chi connectivity index (χ2n) is 10.2. The minimum Gasteiger partial charge on any atom is -0.378 e. The number of benzene rings is 2. The molecule has 38 heavy (non-hydrogen) atoms. The van der Waals surface area contributed by atoms with Gasteiger partial charge in [-0.2, -0.15) is 0 Å². The second-order valence-corrected chi connectivity index (χ2v) is 12.6. The Kier molecular flexibility index (Phi) is 8.25. The van der Waals surface area contributed by atoms with Gasteiger partial charge >= 0.3 is 0 Å². The zero-order chi connectivity index (χ0) is 27.5. The maximum Gasteiger partial charge on any atom is 0.264 e. The number of ether oxygens (including phenoxy) is 1. The number of aryl methyl sites for hydroxylation is 1. The highest BCUT2D eigenvalue weighted by atomic mass is 32.2. The number of rotatable bonds is 9. The highest BCUT2D eigenvalue weighted by Crippen LogP contribution is 2.26. The number of sulfone groups is 1. The van der Waals surface area contributed by atoms with Crippen LogP contribution in [0.15, 0.2) is 59.5 Å². The summed E-state index contributed by atoms with van der Waals surface area (Å²) in [5.74, 6) is -0.784. The van der Waals surface area contributed by atoms with Gasteiger partial charge in [0.15, 0.2) is 20.9 Å². The molecule has 0 spiro atoms. The molecule has 2 atom stereocenters. The number of aromatic nitrogens is 1. The van der Waals surface area contributed by atoms with Crippen molar-refractivity contribution in [2.24, 2.45) is 0 Å². The van der Waals surface area contributed by atoms with Crippen molar-refractivity contribution in [3.05, 3.63) is 65.1 Å². The number of pyridine rings is 1. The predicted octanol–water partition coefficient (Wildman–Crippen LogP) is 3.50. The Bertz CT molecular complexity index is 1460. The minimum absolute atomic E-state index is 0.0411. The third kappa shape index (κ3) is 5.92. The maximum absolute atomic E-state index is 13.2.